The average Bonchev–Trinajstić information content (AvgIpc) is 3.47. The number of nitrogens with one attached hydrogen (secondary N) is 2. The van der Waals surface area contributed by atoms with Crippen molar-refractivity contribution in [2.45, 2.75) is 30.9 Å². The van der Waals surface area contributed by atoms with Crippen molar-refractivity contribution in [3.63, 3.8) is 0 Å². The van der Waals surface area contributed by atoms with Crippen LogP contribution >= 0.6 is 0 Å². The van der Waals surface area contributed by atoms with E-state index < -0.39 is 12.2 Å². The lowest BCUT2D eigenvalue weighted by molar-refractivity contribution is 0.00854. The van der Waals surface area contributed by atoms with Crippen LogP contribution in [0.5, 0.6) is 5.75 Å². The lowest BCUT2D eigenvalue weighted by atomic mass is 10.0. The Labute approximate surface area is 199 Å². The first-order valence-electron chi connectivity index (χ1n) is 11.4. The number of carbonyl (C=O) groups is 1. The van der Waals surface area contributed by atoms with Gasteiger partial charge in [-0.1, -0.05) is 54.6 Å². The second-order valence-corrected chi connectivity index (χ2v) is 8.44. The molecule has 7 nitrogen and oxygen atoms in total. The van der Waals surface area contributed by atoms with E-state index in [9.17, 15) is 4.79 Å². The summed E-state index contributed by atoms with van der Waals surface area (Å²) in [7, 11) is 1.60. The average molecular weight is 461 g/mol. The minimum absolute atomic E-state index is 0.0389. The maximum absolute atomic E-state index is 12.3. The van der Waals surface area contributed by atoms with Gasteiger partial charge in [-0.2, -0.15) is 0 Å². The van der Waals surface area contributed by atoms with E-state index >= 15 is 0 Å². The van der Waals surface area contributed by atoms with Crippen LogP contribution in [0, 0.1) is 0 Å². The molecule has 2 aliphatic heterocycles. The van der Waals surface area contributed by atoms with Crippen molar-refractivity contribution in [3.05, 3.63) is 84.4 Å². The second kappa shape index (κ2) is 10.3. The predicted molar refractivity (Wildman–Crippen MR) is 129 cm³/mol. The van der Waals surface area contributed by atoms with Crippen molar-refractivity contribution >= 4 is 11.8 Å². The lowest BCUT2D eigenvalue weighted by Gasteiger charge is -2.18. The Bertz CT molecular complexity index is 1090. The highest BCUT2D eigenvalue weighted by Crippen LogP contribution is 2.29. The smallest absolute Gasteiger partial charge is 0.412 e. The molecular weight excluding hydrogens is 432 g/mol. The molecule has 0 spiro atoms. The summed E-state index contributed by atoms with van der Waals surface area (Å²) in [6.07, 6.45) is -1.40. The summed E-state index contributed by atoms with van der Waals surface area (Å²) in [4.78, 5) is 12.3. The van der Waals surface area contributed by atoms with E-state index in [2.05, 4.69) is 47.0 Å². The van der Waals surface area contributed by atoms with E-state index in [-0.39, 0.29) is 18.2 Å². The molecule has 3 aromatic rings. The number of ether oxygens (including phenoxy) is 4. The van der Waals surface area contributed by atoms with Crippen LogP contribution in [0.1, 0.15) is 5.56 Å². The second-order valence-electron chi connectivity index (χ2n) is 8.44. The number of fused-ring (bicyclic) bond motifs is 1. The molecule has 0 radical (unpaired) electrons. The predicted octanol–water partition coefficient (Wildman–Crippen LogP) is 4.24. The first-order chi connectivity index (χ1) is 16.7. The van der Waals surface area contributed by atoms with Gasteiger partial charge < -0.3 is 24.3 Å². The van der Waals surface area contributed by atoms with Gasteiger partial charge in [0.1, 0.15) is 18.0 Å². The number of benzene rings is 3. The fraction of sp³-hybridized carbons (Fsp3) is 0.296. The molecule has 1 amide bonds. The van der Waals surface area contributed by atoms with Gasteiger partial charge >= 0.3 is 6.09 Å². The number of hydrogen-bond acceptors (Lipinski definition) is 6. The fourth-order valence-electron chi connectivity index (χ4n) is 4.39. The van der Waals surface area contributed by atoms with Gasteiger partial charge in [0.25, 0.3) is 0 Å². The van der Waals surface area contributed by atoms with Crippen LogP contribution in [0.2, 0.25) is 0 Å². The normalized spacial score (nSPS) is 23.3. The summed E-state index contributed by atoms with van der Waals surface area (Å²) >= 11 is 0. The molecule has 2 heterocycles. The number of carbonyl (C=O) groups excluding carboxylic acids is 1. The van der Waals surface area contributed by atoms with Gasteiger partial charge in [-0.25, -0.2) is 4.79 Å². The van der Waals surface area contributed by atoms with Crippen LogP contribution in [-0.4, -0.2) is 50.8 Å². The summed E-state index contributed by atoms with van der Waals surface area (Å²) in [5, 5.41) is 6.27. The van der Waals surface area contributed by atoms with Gasteiger partial charge in [0.05, 0.1) is 26.4 Å². The highest BCUT2D eigenvalue weighted by Gasteiger charge is 2.49. The number of hydrogen-bond donors (Lipinski definition) is 2. The molecule has 3 aromatic carbocycles. The maximum Gasteiger partial charge on any atom is 0.412 e. The third kappa shape index (κ3) is 5.07. The minimum atomic E-state index is -0.530. The Morgan fingerprint density at radius 1 is 0.882 bits per heavy atom. The minimum Gasteiger partial charge on any atom is -0.497 e. The zero-order valence-electron chi connectivity index (χ0n) is 19.0. The fourth-order valence-corrected chi connectivity index (χ4v) is 4.39. The molecule has 34 heavy (non-hydrogen) atoms. The zero-order valence-corrected chi connectivity index (χ0v) is 19.0. The van der Waals surface area contributed by atoms with Gasteiger partial charge in [-0.05, 0) is 41.0 Å². The van der Waals surface area contributed by atoms with Crippen molar-refractivity contribution in [3.8, 4) is 16.9 Å². The molecule has 176 valence electrons. The molecule has 2 N–H and O–H groups in total. The number of anilines is 1. The first kappa shape index (κ1) is 22.4. The molecule has 0 aromatic heterocycles. The Morgan fingerprint density at radius 2 is 1.59 bits per heavy atom. The van der Waals surface area contributed by atoms with E-state index in [0.717, 1.165) is 5.75 Å². The largest absolute Gasteiger partial charge is 0.497 e. The van der Waals surface area contributed by atoms with Crippen molar-refractivity contribution in [1.82, 2.24) is 5.32 Å². The van der Waals surface area contributed by atoms with E-state index in [1.54, 1.807) is 31.4 Å². The van der Waals surface area contributed by atoms with Gasteiger partial charge in [-0.3, -0.25) is 5.32 Å². The van der Waals surface area contributed by atoms with Crippen molar-refractivity contribution in [2.24, 2.45) is 0 Å². The van der Waals surface area contributed by atoms with Crippen LogP contribution in [0.15, 0.2) is 78.9 Å². The Balaban J connectivity index is 1.11. The molecule has 0 aliphatic carbocycles. The van der Waals surface area contributed by atoms with Crippen LogP contribution in [0.4, 0.5) is 10.5 Å². The molecule has 2 fully saturated rings. The molecule has 4 atom stereocenters. The van der Waals surface area contributed by atoms with Gasteiger partial charge in [-0.15, -0.1) is 0 Å². The molecular formula is C27H28N2O5. The van der Waals surface area contributed by atoms with Gasteiger partial charge in [0.15, 0.2) is 6.10 Å². The Kier molecular flexibility index (Phi) is 6.76. The third-order valence-electron chi connectivity index (χ3n) is 6.23. The lowest BCUT2D eigenvalue weighted by Crippen LogP contribution is -2.41. The van der Waals surface area contributed by atoms with E-state index in [4.69, 9.17) is 18.9 Å². The standard InChI is InChI=1S/C27H28N2O5/c1-31-22-13-11-21(12-14-22)29-27(30)34-24-17-33-25-23(16-32-26(24)25)28-15-18-7-9-20(10-8-18)19-5-3-2-4-6-19/h2-14,23-26,28H,15-17H2,1H3,(H,29,30). The van der Waals surface area contributed by atoms with Crippen LogP contribution in [0.25, 0.3) is 11.1 Å². The monoisotopic (exact) mass is 460 g/mol. The molecule has 2 aliphatic rings. The first-order valence-corrected chi connectivity index (χ1v) is 11.4. The van der Waals surface area contributed by atoms with Crippen molar-refractivity contribution in [1.29, 1.82) is 0 Å². The summed E-state index contributed by atoms with van der Waals surface area (Å²) in [5.74, 6) is 0.719. The molecule has 5 rings (SSSR count). The number of amides is 1. The Morgan fingerprint density at radius 3 is 2.32 bits per heavy atom. The highest BCUT2D eigenvalue weighted by atomic mass is 16.6. The van der Waals surface area contributed by atoms with Crippen LogP contribution in [0.3, 0.4) is 0 Å². The summed E-state index contributed by atoms with van der Waals surface area (Å²) in [5.41, 5.74) is 4.22. The molecule has 0 bridgehead atoms. The van der Waals surface area contributed by atoms with Crippen molar-refractivity contribution < 1.29 is 23.7 Å². The molecule has 0 saturated carbocycles. The number of methoxy groups -OCH3 is 1. The summed E-state index contributed by atoms with van der Waals surface area (Å²) in [6, 6.07) is 26.0. The molecule has 2 saturated heterocycles. The van der Waals surface area contributed by atoms with Crippen LogP contribution in [-0.2, 0) is 20.8 Å². The van der Waals surface area contributed by atoms with E-state index in [1.165, 1.54) is 16.7 Å². The topological polar surface area (TPSA) is 78.1 Å². The zero-order chi connectivity index (χ0) is 23.3. The van der Waals surface area contributed by atoms with Crippen molar-refractivity contribution in [2.75, 3.05) is 25.6 Å². The number of rotatable bonds is 7. The van der Waals surface area contributed by atoms with E-state index in [1.807, 2.05) is 18.2 Å². The quantitative estimate of drug-likeness (QED) is 0.549. The summed E-state index contributed by atoms with van der Waals surface area (Å²) in [6.45, 7) is 1.53. The SMILES string of the molecule is COc1ccc(NC(=O)OC2COC3C(NCc4ccc(-c5ccccc5)cc4)COC23)cc1. The molecule has 4 unspecified atom stereocenters. The van der Waals surface area contributed by atoms with Gasteiger partial charge in [0, 0.05) is 12.2 Å². The maximum atomic E-state index is 12.3. The van der Waals surface area contributed by atoms with Gasteiger partial charge in [0.2, 0.25) is 0 Å². The van der Waals surface area contributed by atoms with Crippen LogP contribution < -0.4 is 15.4 Å². The highest BCUT2D eigenvalue weighted by molar-refractivity contribution is 5.84. The summed E-state index contributed by atoms with van der Waals surface area (Å²) < 4.78 is 22.6. The Hall–Kier alpha value is -3.39. The molecule has 7 heteroatoms. The third-order valence-corrected chi connectivity index (χ3v) is 6.23. The van der Waals surface area contributed by atoms with E-state index in [0.29, 0.717) is 25.4 Å².